The molecule has 2 saturated carbocycles. The molecule has 0 aromatic carbocycles. The van der Waals surface area contributed by atoms with Gasteiger partial charge in [0.05, 0.1) is 17.9 Å². The number of carbonyl (C=O) groups is 2. The molecular formula is C21H30N8O2. The number of anilines is 2. The van der Waals surface area contributed by atoms with Gasteiger partial charge in [0.1, 0.15) is 12.4 Å². The average Bonchev–Trinajstić information content (AvgIpc) is 3.46. The van der Waals surface area contributed by atoms with Crippen LogP contribution in [0.4, 0.5) is 16.3 Å². The molecule has 3 amide bonds. The van der Waals surface area contributed by atoms with Crippen LogP contribution in [0.15, 0.2) is 35.2 Å². The van der Waals surface area contributed by atoms with E-state index in [1.165, 1.54) is 30.5 Å². The molecule has 0 radical (unpaired) electrons. The number of hydrogen-bond donors (Lipinski definition) is 4. The second kappa shape index (κ2) is 8.83. The molecule has 1 aromatic heterocycles. The molecular weight excluding hydrogens is 396 g/mol. The SMILES string of the molecule is CN/C(=C\NC(N)=N[C@H]1CC[C@H](Nc2ccc(N3CC(=O)N(C)C3=O)cn2)C1)C1CC1. The first-order valence-electron chi connectivity index (χ1n) is 10.7. The molecule has 166 valence electrons. The van der Waals surface area contributed by atoms with E-state index in [2.05, 4.69) is 25.9 Å². The van der Waals surface area contributed by atoms with Crippen molar-refractivity contribution in [3.8, 4) is 0 Å². The zero-order chi connectivity index (χ0) is 22.0. The van der Waals surface area contributed by atoms with E-state index in [0.717, 1.165) is 30.0 Å². The van der Waals surface area contributed by atoms with Gasteiger partial charge in [-0.05, 0) is 44.2 Å². The molecule has 10 nitrogen and oxygen atoms in total. The first-order valence-corrected chi connectivity index (χ1v) is 10.7. The fourth-order valence-electron chi connectivity index (χ4n) is 4.02. The van der Waals surface area contributed by atoms with Crippen molar-refractivity contribution in [2.75, 3.05) is 30.9 Å². The lowest BCUT2D eigenvalue weighted by molar-refractivity contribution is -0.123. The Bertz CT molecular complexity index is 893. The van der Waals surface area contributed by atoms with E-state index < -0.39 is 0 Å². The number of carbonyl (C=O) groups excluding carboxylic acids is 2. The monoisotopic (exact) mass is 426 g/mol. The number of aromatic nitrogens is 1. The van der Waals surface area contributed by atoms with Gasteiger partial charge in [-0.2, -0.15) is 0 Å². The van der Waals surface area contributed by atoms with Gasteiger partial charge in [0.25, 0.3) is 0 Å². The molecule has 5 N–H and O–H groups in total. The highest BCUT2D eigenvalue weighted by Crippen LogP contribution is 2.34. The lowest BCUT2D eigenvalue weighted by Crippen LogP contribution is -2.30. The molecule has 4 rings (SSSR count). The fraction of sp³-hybridized carbons (Fsp3) is 0.524. The molecule has 1 saturated heterocycles. The molecule has 1 aromatic rings. The molecule has 2 atom stereocenters. The number of nitrogens with two attached hydrogens (primary N) is 1. The number of hydrogen-bond acceptors (Lipinski definition) is 6. The van der Waals surface area contributed by atoms with E-state index in [1.807, 2.05) is 19.3 Å². The maximum Gasteiger partial charge on any atom is 0.331 e. The van der Waals surface area contributed by atoms with Crippen LogP contribution in [0.25, 0.3) is 0 Å². The van der Waals surface area contributed by atoms with Gasteiger partial charge in [-0.25, -0.2) is 14.8 Å². The number of guanidine groups is 1. The molecule has 1 aliphatic heterocycles. The Morgan fingerprint density at radius 2 is 2.06 bits per heavy atom. The number of nitrogens with one attached hydrogen (secondary N) is 3. The number of amides is 3. The minimum absolute atomic E-state index is 0.0488. The molecule has 31 heavy (non-hydrogen) atoms. The van der Waals surface area contributed by atoms with E-state index in [-0.39, 0.29) is 30.6 Å². The predicted molar refractivity (Wildman–Crippen MR) is 119 cm³/mol. The Balaban J connectivity index is 1.28. The van der Waals surface area contributed by atoms with Crippen molar-refractivity contribution in [3.05, 3.63) is 30.2 Å². The topological polar surface area (TPSA) is 128 Å². The van der Waals surface area contributed by atoms with Crippen LogP contribution >= 0.6 is 0 Å². The summed E-state index contributed by atoms with van der Waals surface area (Å²) in [6.07, 6.45) is 8.79. The van der Waals surface area contributed by atoms with Gasteiger partial charge in [0.2, 0.25) is 5.91 Å². The van der Waals surface area contributed by atoms with Gasteiger partial charge < -0.3 is 21.7 Å². The van der Waals surface area contributed by atoms with E-state index in [0.29, 0.717) is 17.6 Å². The summed E-state index contributed by atoms with van der Waals surface area (Å²) in [4.78, 5) is 35.4. The lowest BCUT2D eigenvalue weighted by Gasteiger charge is -2.16. The minimum atomic E-state index is -0.330. The molecule has 3 fully saturated rings. The third-order valence-corrected chi connectivity index (χ3v) is 6.00. The Morgan fingerprint density at radius 3 is 2.68 bits per heavy atom. The quantitative estimate of drug-likeness (QED) is 0.293. The summed E-state index contributed by atoms with van der Waals surface area (Å²) in [5, 5.41) is 9.74. The van der Waals surface area contributed by atoms with Crippen molar-refractivity contribution >= 4 is 29.4 Å². The van der Waals surface area contributed by atoms with Crippen molar-refractivity contribution in [2.24, 2.45) is 16.6 Å². The zero-order valence-corrected chi connectivity index (χ0v) is 18.0. The normalized spacial score (nSPS) is 24.7. The molecule has 0 unspecified atom stereocenters. The number of rotatable bonds is 7. The number of urea groups is 1. The third-order valence-electron chi connectivity index (χ3n) is 6.00. The summed E-state index contributed by atoms with van der Waals surface area (Å²) >= 11 is 0. The number of nitrogens with zero attached hydrogens (tertiary/aromatic N) is 4. The average molecular weight is 427 g/mol. The van der Waals surface area contributed by atoms with Crippen LogP contribution in [0.1, 0.15) is 32.1 Å². The molecule has 2 aliphatic carbocycles. The molecule has 0 spiro atoms. The molecule has 3 aliphatic rings. The minimum Gasteiger partial charge on any atom is -0.390 e. The van der Waals surface area contributed by atoms with Crippen LogP contribution in [0.3, 0.4) is 0 Å². The highest BCUT2D eigenvalue weighted by atomic mass is 16.2. The van der Waals surface area contributed by atoms with E-state index in [1.54, 1.807) is 12.3 Å². The fourth-order valence-corrected chi connectivity index (χ4v) is 4.02. The van der Waals surface area contributed by atoms with E-state index in [9.17, 15) is 9.59 Å². The largest absolute Gasteiger partial charge is 0.390 e. The second-order valence-electron chi connectivity index (χ2n) is 8.31. The van der Waals surface area contributed by atoms with Crippen LogP contribution in [0.5, 0.6) is 0 Å². The van der Waals surface area contributed by atoms with Crippen molar-refractivity contribution in [3.63, 3.8) is 0 Å². The standard InChI is InChI=1S/C21H30N8O2/c1-23-17(13-3-4-13)11-25-20(22)27-15-6-5-14(9-15)26-18-8-7-16(10-24-18)29-12-19(30)28(2)21(29)31/h7-8,10-11,13-15,23H,3-6,9,12H2,1-2H3,(H,24,26)(H3,22,25,27)/b17-11-/t14-,15-/m0/s1. The van der Waals surface area contributed by atoms with Gasteiger partial charge in [0.15, 0.2) is 5.96 Å². The van der Waals surface area contributed by atoms with Crippen molar-refractivity contribution in [2.45, 2.75) is 44.2 Å². The Labute approximate surface area is 182 Å². The van der Waals surface area contributed by atoms with Crippen molar-refractivity contribution in [1.82, 2.24) is 20.5 Å². The van der Waals surface area contributed by atoms with Gasteiger partial charge in [0, 0.05) is 38.0 Å². The Morgan fingerprint density at radius 1 is 1.26 bits per heavy atom. The summed E-state index contributed by atoms with van der Waals surface area (Å²) < 4.78 is 0. The number of allylic oxidation sites excluding steroid dienone is 1. The summed E-state index contributed by atoms with van der Waals surface area (Å²) in [7, 11) is 3.41. The maximum atomic E-state index is 12.1. The van der Waals surface area contributed by atoms with Gasteiger partial charge in [-0.1, -0.05) is 0 Å². The van der Waals surface area contributed by atoms with Gasteiger partial charge in [-0.3, -0.25) is 14.6 Å². The summed E-state index contributed by atoms with van der Waals surface area (Å²) in [5.74, 6) is 1.58. The molecule has 10 heteroatoms. The van der Waals surface area contributed by atoms with Crippen LogP contribution in [0, 0.1) is 5.92 Å². The highest BCUT2D eigenvalue weighted by Gasteiger charge is 2.34. The Kier molecular flexibility index (Phi) is 5.97. The number of pyridine rings is 1. The van der Waals surface area contributed by atoms with Gasteiger partial charge in [-0.15, -0.1) is 0 Å². The smallest absolute Gasteiger partial charge is 0.331 e. The predicted octanol–water partition coefficient (Wildman–Crippen LogP) is 1.19. The zero-order valence-electron chi connectivity index (χ0n) is 18.0. The van der Waals surface area contributed by atoms with E-state index >= 15 is 0 Å². The number of aliphatic imine (C=N–C) groups is 1. The Hall–Kier alpha value is -3.30. The molecule has 0 bridgehead atoms. The summed E-state index contributed by atoms with van der Waals surface area (Å²) in [6.45, 7) is 0.0488. The first-order chi connectivity index (χ1) is 14.9. The van der Waals surface area contributed by atoms with Crippen molar-refractivity contribution in [1.29, 1.82) is 0 Å². The van der Waals surface area contributed by atoms with Crippen LogP contribution < -0.4 is 26.6 Å². The first kappa shape index (κ1) is 21.0. The van der Waals surface area contributed by atoms with Crippen LogP contribution in [-0.4, -0.2) is 60.5 Å². The van der Waals surface area contributed by atoms with Crippen LogP contribution in [-0.2, 0) is 4.79 Å². The number of imide groups is 1. The number of likely N-dealkylation sites (N-methyl/N-ethyl adjacent to an activating group) is 1. The highest BCUT2D eigenvalue weighted by molar-refractivity contribution is 6.11. The van der Waals surface area contributed by atoms with Crippen molar-refractivity contribution < 1.29 is 9.59 Å². The second-order valence-corrected chi connectivity index (χ2v) is 8.31. The van der Waals surface area contributed by atoms with Crippen LogP contribution in [0.2, 0.25) is 0 Å². The van der Waals surface area contributed by atoms with Gasteiger partial charge >= 0.3 is 6.03 Å². The van der Waals surface area contributed by atoms with E-state index in [4.69, 9.17) is 5.73 Å². The summed E-state index contributed by atoms with van der Waals surface area (Å²) in [5.41, 5.74) is 7.84. The maximum absolute atomic E-state index is 12.1. The summed E-state index contributed by atoms with van der Waals surface area (Å²) in [6, 6.07) is 3.73. The lowest BCUT2D eigenvalue weighted by atomic mass is 10.2. The molecule has 2 heterocycles. The third kappa shape index (κ3) is 4.89.